The topological polar surface area (TPSA) is 9.23 Å². The van der Waals surface area contributed by atoms with E-state index in [-0.39, 0.29) is 5.41 Å². The van der Waals surface area contributed by atoms with E-state index in [0.717, 1.165) is 33.8 Å². The molecule has 0 N–H and O–H groups in total. The van der Waals surface area contributed by atoms with Crippen LogP contribution in [-0.4, -0.2) is 11.9 Å². The lowest BCUT2D eigenvalue weighted by Crippen LogP contribution is -2.28. The molecule has 0 amide bonds. The van der Waals surface area contributed by atoms with Crippen LogP contribution >= 0.6 is 27.5 Å². The van der Waals surface area contributed by atoms with E-state index in [4.69, 9.17) is 16.3 Å². The zero-order chi connectivity index (χ0) is 13.9. The first kappa shape index (κ1) is 15.8. The minimum atomic E-state index is 0.234. The summed E-state index contributed by atoms with van der Waals surface area (Å²) in [6.45, 7) is 11.5. The van der Waals surface area contributed by atoms with Gasteiger partial charge in [-0.3, -0.25) is 0 Å². The predicted octanol–water partition coefficient (Wildman–Crippen LogP) is 5.39. The fourth-order valence-electron chi connectivity index (χ4n) is 1.84. The van der Waals surface area contributed by atoms with E-state index in [2.05, 4.69) is 36.7 Å². The van der Waals surface area contributed by atoms with Crippen LogP contribution in [0.25, 0.3) is 0 Å². The molecule has 0 saturated heterocycles. The molecule has 0 spiro atoms. The molecule has 0 saturated carbocycles. The second-order valence-electron chi connectivity index (χ2n) is 5.90. The van der Waals surface area contributed by atoms with Crippen molar-refractivity contribution in [3.8, 4) is 5.75 Å². The molecule has 0 aromatic heterocycles. The first-order valence-electron chi connectivity index (χ1n) is 6.21. The molecule has 3 heteroatoms. The van der Waals surface area contributed by atoms with Crippen LogP contribution in [0.3, 0.4) is 0 Å². The van der Waals surface area contributed by atoms with Crippen LogP contribution in [0.1, 0.15) is 31.9 Å². The Balaban J connectivity index is 2.80. The van der Waals surface area contributed by atoms with Crippen LogP contribution in [0.4, 0.5) is 0 Å². The Hall–Kier alpha value is -0.210. The highest BCUT2D eigenvalue weighted by molar-refractivity contribution is 9.09. The highest BCUT2D eigenvalue weighted by Crippen LogP contribution is 2.31. The highest BCUT2D eigenvalue weighted by Gasteiger charge is 2.24. The lowest BCUT2D eigenvalue weighted by Gasteiger charge is -2.29. The van der Waals surface area contributed by atoms with Crippen LogP contribution in [0.15, 0.2) is 12.1 Å². The van der Waals surface area contributed by atoms with Gasteiger partial charge in [-0.05, 0) is 42.5 Å². The summed E-state index contributed by atoms with van der Waals surface area (Å²) in [4.78, 5) is 0. The first-order valence-corrected chi connectivity index (χ1v) is 7.71. The van der Waals surface area contributed by atoms with Crippen molar-refractivity contribution in [2.24, 2.45) is 11.3 Å². The minimum absolute atomic E-state index is 0.234. The van der Waals surface area contributed by atoms with Crippen LogP contribution in [-0.2, 0) is 0 Å². The Labute approximate surface area is 124 Å². The van der Waals surface area contributed by atoms with Crippen LogP contribution in [0, 0.1) is 25.2 Å². The van der Waals surface area contributed by atoms with Crippen LogP contribution < -0.4 is 4.74 Å². The number of hydrogen-bond acceptors (Lipinski definition) is 1. The van der Waals surface area contributed by atoms with Gasteiger partial charge in [-0.2, -0.15) is 0 Å². The van der Waals surface area contributed by atoms with Crippen molar-refractivity contribution >= 4 is 27.5 Å². The van der Waals surface area contributed by atoms with Crippen molar-refractivity contribution in [3.05, 3.63) is 28.3 Å². The molecule has 1 aromatic rings. The second kappa shape index (κ2) is 6.29. The molecule has 1 rings (SSSR count). The third-order valence-electron chi connectivity index (χ3n) is 3.26. The van der Waals surface area contributed by atoms with Crippen LogP contribution in [0.5, 0.6) is 5.75 Å². The third-order valence-corrected chi connectivity index (χ3v) is 4.26. The molecule has 102 valence electrons. The number of aryl methyl sites for hydroxylation is 2. The van der Waals surface area contributed by atoms with E-state index >= 15 is 0 Å². The lowest BCUT2D eigenvalue weighted by molar-refractivity contribution is 0.164. The van der Waals surface area contributed by atoms with Gasteiger partial charge in [0.05, 0.1) is 6.61 Å². The summed E-state index contributed by atoms with van der Waals surface area (Å²) in [5.41, 5.74) is 2.43. The zero-order valence-corrected chi connectivity index (χ0v) is 14.2. The summed E-state index contributed by atoms with van der Waals surface area (Å²) in [5, 5.41) is 1.72. The molecule has 0 bridgehead atoms. The molecule has 0 aliphatic heterocycles. The summed E-state index contributed by atoms with van der Waals surface area (Å²) in [5.74, 6) is 1.45. The van der Waals surface area contributed by atoms with E-state index in [0.29, 0.717) is 5.92 Å². The zero-order valence-electron chi connectivity index (χ0n) is 11.8. The molecule has 1 atom stereocenters. The number of alkyl halides is 1. The number of hydrogen-bond donors (Lipinski definition) is 0. The van der Waals surface area contributed by atoms with Gasteiger partial charge in [0, 0.05) is 16.3 Å². The average Bonchev–Trinajstić information content (AvgIpc) is 2.19. The molecular weight excluding hydrogens is 312 g/mol. The van der Waals surface area contributed by atoms with Gasteiger partial charge in [0.1, 0.15) is 5.75 Å². The molecular formula is C15H22BrClO. The molecule has 0 aliphatic carbocycles. The van der Waals surface area contributed by atoms with Crippen molar-refractivity contribution in [1.29, 1.82) is 0 Å². The highest BCUT2D eigenvalue weighted by atomic mass is 79.9. The van der Waals surface area contributed by atoms with E-state index in [1.165, 1.54) is 0 Å². The quantitative estimate of drug-likeness (QED) is 0.671. The Morgan fingerprint density at radius 3 is 2.11 bits per heavy atom. The number of ether oxygens (including phenoxy) is 1. The monoisotopic (exact) mass is 332 g/mol. The van der Waals surface area contributed by atoms with Gasteiger partial charge < -0.3 is 4.74 Å². The smallest absolute Gasteiger partial charge is 0.125 e. The fourth-order valence-corrected chi connectivity index (χ4v) is 3.32. The maximum atomic E-state index is 6.02. The summed E-state index contributed by atoms with van der Waals surface area (Å²) < 4.78 is 6.01. The Kier molecular flexibility index (Phi) is 5.54. The Bertz CT molecular complexity index is 386. The standard InChI is InChI=1S/C15H22BrClO/c1-10-6-13(17)7-11(2)14(10)18-9-12(8-16)15(3,4)5/h6-7,12H,8-9H2,1-5H3. The normalized spacial score (nSPS) is 13.5. The third kappa shape index (κ3) is 4.17. The Morgan fingerprint density at radius 1 is 1.22 bits per heavy atom. The molecule has 0 heterocycles. The summed E-state index contributed by atoms with van der Waals surface area (Å²) in [6, 6.07) is 3.90. The summed E-state index contributed by atoms with van der Waals surface area (Å²) >= 11 is 9.59. The van der Waals surface area contributed by atoms with Gasteiger partial charge in [-0.25, -0.2) is 0 Å². The van der Waals surface area contributed by atoms with E-state index in [1.807, 2.05) is 26.0 Å². The number of rotatable bonds is 4. The van der Waals surface area contributed by atoms with Gasteiger partial charge >= 0.3 is 0 Å². The molecule has 1 aromatic carbocycles. The fraction of sp³-hybridized carbons (Fsp3) is 0.600. The van der Waals surface area contributed by atoms with E-state index < -0.39 is 0 Å². The maximum absolute atomic E-state index is 6.02. The van der Waals surface area contributed by atoms with Crippen molar-refractivity contribution in [3.63, 3.8) is 0 Å². The molecule has 18 heavy (non-hydrogen) atoms. The second-order valence-corrected chi connectivity index (χ2v) is 6.98. The molecule has 1 nitrogen and oxygen atoms in total. The van der Waals surface area contributed by atoms with Crippen LogP contribution in [0.2, 0.25) is 5.02 Å². The van der Waals surface area contributed by atoms with Crippen molar-refractivity contribution in [2.45, 2.75) is 34.6 Å². The van der Waals surface area contributed by atoms with Crippen molar-refractivity contribution in [1.82, 2.24) is 0 Å². The SMILES string of the molecule is Cc1cc(Cl)cc(C)c1OCC(CBr)C(C)(C)C. The van der Waals surface area contributed by atoms with Gasteiger partial charge in [-0.15, -0.1) is 0 Å². The van der Waals surface area contributed by atoms with Gasteiger partial charge in [0.25, 0.3) is 0 Å². The number of benzene rings is 1. The van der Waals surface area contributed by atoms with Crippen molar-refractivity contribution in [2.75, 3.05) is 11.9 Å². The van der Waals surface area contributed by atoms with Gasteiger partial charge in [0.15, 0.2) is 0 Å². The maximum Gasteiger partial charge on any atom is 0.125 e. The lowest BCUT2D eigenvalue weighted by atomic mass is 9.83. The predicted molar refractivity (Wildman–Crippen MR) is 83.2 cm³/mol. The Morgan fingerprint density at radius 2 is 1.72 bits per heavy atom. The largest absolute Gasteiger partial charge is 0.493 e. The minimum Gasteiger partial charge on any atom is -0.493 e. The van der Waals surface area contributed by atoms with Gasteiger partial charge in [0.2, 0.25) is 0 Å². The van der Waals surface area contributed by atoms with Gasteiger partial charge in [-0.1, -0.05) is 48.3 Å². The molecule has 0 aliphatic rings. The van der Waals surface area contributed by atoms with E-state index in [9.17, 15) is 0 Å². The number of halogens is 2. The summed E-state index contributed by atoms with van der Waals surface area (Å²) in [6.07, 6.45) is 0. The summed E-state index contributed by atoms with van der Waals surface area (Å²) in [7, 11) is 0. The van der Waals surface area contributed by atoms with Crippen molar-refractivity contribution < 1.29 is 4.74 Å². The first-order chi connectivity index (χ1) is 8.25. The average molecular weight is 334 g/mol. The molecule has 1 unspecified atom stereocenters. The van der Waals surface area contributed by atoms with E-state index in [1.54, 1.807) is 0 Å². The molecule has 0 fully saturated rings. The molecule has 0 radical (unpaired) electrons.